The van der Waals surface area contributed by atoms with Crippen molar-refractivity contribution >= 4 is 5.91 Å². The quantitative estimate of drug-likeness (QED) is 0.718. The van der Waals surface area contributed by atoms with E-state index >= 15 is 0 Å². The van der Waals surface area contributed by atoms with Crippen LogP contribution in [0, 0.1) is 0 Å². The molecule has 17 heavy (non-hydrogen) atoms. The first-order valence-electron chi connectivity index (χ1n) is 6.29. The number of fused-ring (bicyclic) bond motifs is 1. The fourth-order valence-electron chi connectivity index (χ4n) is 2.82. The van der Waals surface area contributed by atoms with Crippen LogP contribution in [0.2, 0.25) is 0 Å². The molecule has 2 fully saturated rings. The number of methoxy groups -OCH3 is 1. The number of ether oxygens (including phenoxy) is 3. The van der Waals surface area contributed by atoms with Crippen LogP contribution in [-0.4, -0.2) is 62.5 Å². The molecular formula is C12H21NO4. The molecule has 0 radical (unpaired) electrons. The molecular weight excluding hydrogens is 222 g/mol. The lowest BCUT2D eigenvalue weighted by Gasteiger charge is -2.38. The summed E-state index contributed by atoms with van der Waals surface area (Å²) in [5.74, 6) is 0.0583. The zero-order valence-corrected chi connectivity index (χ0v) is 10.6. The summed E-state index contributed by atoms with van der Waals surface area (Å²) < 4.78 is 16.3. The first-order valence-corrected chi connectivity index (χ1v) is 6.29. The third-order valence-electron chi connectivity index (χ3n) is 3.50. The van der Waals surface area contributed by atoms with Crippen LogP contribution in [0.4, 0.5) is 0 Å². The van der Waals surface area contributed by atoms with Crippen molar-refractivity contribution in [2.24, 2.45) is 0 Å². The molecule has 3 atom stereocenters. The average molecular weight is 243 g/mol. The van der Waals surface area contributed by atoms with Gasteiger partial charge in [-0.25, -0.2) is 0 Å². The van der Waals surface area contributed by atoms with Gasteiger partial charge in [-0.05, 0) is 19.8 Å². The number of amides is 1. The normalized spacial score (nSPS) is 32.6. The van der Waals surface area contributed by atoms with E-state index in [1.807, 2.05) is 11.8 Å². The molecule has 0 unspecified atom stereocenters. The Morgan fingerprint density at radius 2 is 2.29 bits per heavy atom. The predicted molar refractivity (Wildman–Crippen MR) is 61.8 cm³/mol. The Labute approximate surface area is 102 Å². The van der Waals surface area contributed by atoms with E-state index in [0.717, 1.165) is 12.8 Å². The van der Waals surface area contributed by atoms with E-state index in [1.54, 1.807) is 7.11 Å². The summed E-state index contributed by atoms with van der Waals surface area (Å²) in [6, 6.07) is 0.169. The summed E-state index contributed by atoms with van der Waals surface area (Å²) >= 11 is 0. The highest BCUT2D eigenvalue weighted by molar-refractivity contribution is 5.78. The third kappa shape index (κ3) is 2.61. The van der Waals surface area contributed by atoms with Gasteiger partial charge in [-0.2, -0.15) is 0 Å². The van der Waals surface area contributed by atoms with Crippen LogP contribution in [0.5, 0.6) is 0 Å². The minimum absolute atomic E-state index is 0.0458. The largest absolute Gasteiger partial charge is 0.376 e. The molecule has 1 aliphatic carbocycles. The number of carbonyl (C=O) groups is 1. The Morgan fingerprint density at radius 1 is 1.47 bits per heavy atom. The summed E-state index contributed by atoms with van der Waals surface area (Å²) in [7, 11) is 1.55. The van der Waals surface area contributed by atoms with Gasteiger partial charge in [0, 0.05) is 20.3 Å². The van der Waals surface area contributed by atoms with Crippen LogP contribution in [0.3, 0.4) is 0 Å². The van der Waals surface area contributed by atoms with Gasteiger partial charge >= 0.3 is 0 Å². The van der Waals surface area contributed by atoms with Crippen LogP contribution >= 0.6 is 0 Å². The molecule has 0 N–H and O–H groups in total. The predicted octanol–water partition coefficient (Wildman–Crippen LogP) is 0.428. The molecule has 1 saturated carbocycles. The maximum Gasteiger partial charge on any atom is 0.248 e. The van der Waals surface area contributed by atoms with Gasteiger partial charge in [-0.1, -0.05) is 0 Å². The highest BCUT2D eigenvalue weighted by atomic mass is 16.5. The summed E-state index contributed by atoms with van der Waals surface area (Å²) in [5, 5.41) is 0. The highest BCUT2D eigenvalue weighted by Gasteiger charge is 2.44. The van der Waals surface area contributed by atoms with E-state index in [0.29, 0.717) is 19.8 Å². The molecule has 0 bridgehead atoms. The second kappa shape index (κ2) is 5.80. The second-order valence-electron chi connectivity index (χ2n) is 4.49. The van der Waals surface area contributed by atoms with Crippen LogP contribution in [0.25, 0.3) is 0 Å². The summed E-state index contributed by atoms with van der Waals surface area (Å²) in [5.41, 5.74) is 0. The van der Waals surface area contributed by atoms with E-state index in [1.165, 1.54) is 0 Å². The van der Waals surface area contributed by atoms with Crippen molar-refractivity contribution in [3.05, 3.63) is 0 Å². The molecule has 2 aliphatic rings. The van der Waals surface area contributed by atoms with Gasteiger partial charge < -0.3 is 19.1 Å². The molecule has 1 heterocycles. The van der Waals surface area contributed by atoms with Gasteiger partial charge in [0.1, 0.15) is 12.7 Å². The van der Waals surface area contributed by atoms with Gasteiger partial charge in [0.15, 0.2) is 0 Å². The Balaban J connectivity index is 2.00. The van der Waals surface area contributed by atoms with E-state index in [4.69, 9.17) is 14.2 Å². The second-order valence-corrected chi connectivity index (χ2v) is 4.49. The maximum atomic E-state index is 11.9. The van der Waals surface area contributed by atoms with Crippen molar-refractivity contribution in [1.29, 1.82) is 0 Å². The Morgan fingerprint density at radius 3 is 3.00 bits per heavy atom. The fraction of sp³-hybridized carbons (Fsp3) is 0.917. The van der Waals surface area contributed by atoms with E-state index in [9.17, 15) is 4.79 Å². The number of nitrogens with zero attached hydrogens (tertiary/aromatic N) is 1. The SMILES string of the molecule is CCO[C@@H]1CC[C@H]2[C@H]1OCCN2C(=O)COC. The van der Waals surface area contributed by atoms with Gasteiger partial charge in [-0.3, -0.25) is 4.79 Å². The third-order valence-corrected chi connectivity index (χ3v) is 3.50. The summed E-state index contributed by atoms with van der Waals surface area (Å²) in [6.07, 6.45) is 2.12. The number of hydrogen-bond acceptors (Lipinski definition) is 4. The average Bonchev–Trinajstić information content (AvgIpc) is 2.73. The van der Waals surface area contributed by atoms with Crippen molar-refractivity contribution in [2.75, 3.05) is 33.5 Å². The van der Waals surface area contributed by atoms with Crippen molar-refractivity contribution in [3.63, 3.8) is 0 Å². The lowest BCUT2D eigenvalue weighted by molar-refractivity contribution is -0.154. The molecule has 5 nitrogen and oxygen atoms in total. The fourth-order valence-corrected chi connectivity index (χ4v) is 2.82. The highest BCUT2D eigenvalue weighted by Crippen LogP contribution is 2.32. The first kappa shape index (κ1) is 12.8. The van der Waals surface area contributed by atoms with Gasteiger partial charge in [0.05, 0.1) is 18.8 Å². The zero-order valence-electron chi connectivity index (χ0n) is 10.6. The summed E-state index contributed by atoms with van der Waals surface area (Å²) in [6.45, 7) is 4.11. The van der Waals surface area contributed by atoms with Gasteiger partial charge in [0.2, 0.25) is 5.91 Å². The molecule has 2 rings (SSSR count). The van der Waals surface area contributed by atoms with Crippen LogP contribution < -0.4 is 0 Å². The Hall–Kier alpha value is -0.650. The van der Waals surface area contributed by atoms with Crippen molar-refractivity contribution in [1.82, 2.24) is 4.90 Å². The number of carbonyl (C=O) groups excluding carboxylic acids is 1. The van der Waals surface area contributed by atoms with Crippen LogP contribution in [0.1, 0.15) is 19.8 Å². The van der Waals surface area contributed by atoms with Crippen LogP contribution in [0.15, 0.2) is 0 Å². The minimum atomic E-state index is 0.0458. The molecule has 98 valence electrons. The Bertz CT molecular complexity index is 271. The Kier molecular flexibility index (Phi) is 4.36. The number of hydrogen-bond donors (Lipinski definition) is 0. The standard InChI is InChI=1S/C12H21NO4/c1-3-16-10-5-4-9-12(10)17-7-6-13(9)11(14)8-15-2/h9-10,12H,3-8H2,1-2H3/t9-,10+,12+/m0/s1. The molecule has 1 saturated heterocycles. The molecule has 0 aromatic heterocycles. The molecule has 0 aromatic carbocycles. The maximum absolute atomic E-state index is 11.9. The molecule has 0 spiro atoms. The van der Waals surface area contributed by atoms with Crippen molar-refractivity contribution in [2.45, 2.75) is 38.0 Å². The monoisotopic (exact) mass is 243 g/mol. The minimum Gasteiger partial charge on any atom is -0.376 e. The zero-order chi connectivity index (χ0) is 12.3. The lowest BCUT2D eigenvalue weighted by Crippen LogP contribution is -2.54. The number of morpholine rings is 1. The van der Waals surface area contributed by atoms with E-state index in [-0.39, 0.29) is 30.8 Å². The summed E-state index contributed by atoms with van der Waals surface area (Å²) in [4.78, 5) is 13.8. The van der Waals surface area contributed by atoms with Crippen LogP contribution in [-0.2, 0) is 19.0 Å². The first-order chi connectivity index (χ1) is 8.27. The molecule has 1 aliphatic heterocycles. The van der Waals surface area contributed by atoms with Gasteiger partial charge in [0.25, 0.3) is 0 Å². The molecule has 0 aromatic rings. The topological polar surface area (TPSA) is 48.0 Å². The smallest absolute Gasteiger partial charge is 0.248 e. The molecule has 5 heteroatoms. The van der Waals surface area contributed by atoms with Gasteiger partial charge in [-0.15, -0.1) is 0 Å². The lowest BCUT2D eigenvalue weighted by atomic mass is 10.1. The molecule has 1 amide bonds. The van der Waals surface area contributed by atoms with Crippen molar-refractivity contribution in [3.8, 4) is 0 Å². The van der Waals surface area contributed by atoms with E-state index in [2.05, 4.69) is 0 Å². The van der Waals surface area contributed by atoms with E-state index < -0.39 is 0 Å². The van der Waals surface area contributed by atoms with Crippen molar-refractivity contribution < 1.29 is 19.0 Å². The number of rotatable bonds is 4.